The second-order valence-corrected chi connectivity index (χ2v) is 8.31. The van der Waals surface area contributed by atoms with Gasteiger partial charge in [-0.1, -0.05) is 18.2 Å². The van der Waals surface area contributed by atoms with Gasteiger partial charge < -0.3 is 15.4 Å². The fourth-order valence-electron chi connectivity index (χ4n) is 3.88. The molecule has 4 aromatic rings. The van der Waals surface area contributed by atoms with Crippen molar-refractivity contribution in [2.45, 2.75) is 13.1 Å². The monoisotopic (exact) mass is 504 g/mol. The Morgan fingerprint density at radius 1 is 0.946 bits per heavy atom. The summed E-state index contributed by atoms with van der Waals surface area (Å²) < 4.78 is 43.9. The van der Waals surface area contributed by atoms with Crippen LogP contribution in [-0.4, -0.2) is 28.4 Å². The first-order chi connectivity index (χ1) is 17.7. The number of fused-ring (bicyclic) bond motifs is 1. The third kappa shape index (κ3) is 5.13. The van der Waals surface area contributed by atoms with Crippen molar-refractivity contribution in [2.75, 3.05) is 17.2 Å². The molecule has 0 aliphatic carbocycles. The molecule has 5 rings (SSSR count). The SMILES string of the molecule is Cc1nc(C(F)(F)F)ccc1C(=O)Nc1ccc(-c2cccc(-c3ccc4c(c3)NC(=O)CO4)n2)cc1. The third-order valence-electron chi connectivity index (χ3n) is 5.72. The van der Waals surface area contributed by atoms with E-state index in [-0.39, 0.29) is 23.8 Å². The van der Waals surface area contributed by atoms with Gasteiger partial charge in [-0.25, -0.2) is 9.97 Å². The normalized spacial score (nSPS) is 12.8. The van der Waals surface area contributed by atoms with Crippen molar-refractivity contribution in [3.05, 3.63) is 89.7 Å². The lowest BCUT2D eigenvalue weighted by Gasteiger charge is -2.18. The molecule has 7 nitrogen and oxygen atoms in total. The lowest BCUT2D eigenvalue weighted by molar-refractivity contribution is -0.141. The highest BCUT2D eigenvalue weighted by molar-refractivity contribution is 6.05. The van der Waals surface area contributed by atoms with E-state index in [1.165, 1.54) is 6.92 Å². The number of aromatic nitrogens is 2. The predicted molar refractivity (Wildman–Crippen MR) is 131 cm³/mol. The number of carbonyl (C=O) groups is 2. The van der Waals surface area contributed by atoms with E-state index in [4.69, 9.17) is 9.72 Å². The molecule has 0 radical (unpaired) electrons. The Bertz CT molecular complexity index is 1520. The maximum absolute atomic E-state index is 12.8. The molecule has 186 valence electrons. The number of carbonyl (C=O) groups excluding carboxylic acids is 2. The molecule has 1 aliphatic heterocycles. The van der Waals surface area contributed by atoms with E-state index in [0.717, 1.165) is 23.3 Å². The quantitative estimate of drug-likeness (QED) is 0.371. The van der Waals surface area contributed by atoms with E-state index in [2.05, 4.69) is 15.6 Å². The van der Waals surface area contributed by atoms with Crippen LogP contribution in [0.3, 0.4) is 0 Å². The minimum atomic E-state index is -4.58. The second kappa shape index (κ2) is 9.38. The van der Waals surface area contributed by atoms with Gasteiger partial charge in [0.25, 0.3) is 11.8 Å². The van der Waals surface area contributed by atoms with E-state index < -0.39 is 17.8 Å². The summed E-state index contributed by atoms with van der Waals surface area (Å²) in [6.07, 6.45) is -4.58. The Kier molecular flexibility index (Phi) is 6.08. The number of nitrogens with one attached hydrogen (secondary N) is 2. The Balaban J connectivity index is 1.33. The number of nitrogens with zero attached hydrogens (tertiary/aromatic N) is 2. The number of ether oxygens (including phenoxy) is 1. The zero-order chi connectivity index (χ0) is 26.2. The van der Waals surface area contributed by atoms with Gasteiger partial charge in [-0.05, 0) is 61.5 Å². The number of pyridine rings is 2. The summed E-state index contributed by atoms with van der Waals surface area (Å²) in [5.74, 6) is -0.183. The topological polar surface area (TPSA) is 93.2 Å². The highest BCUT2D eigenvalue weighted by Gasteiger charge is 2.33. The first kappa shape index (κ1) is 24.0. The lowest BCUT2D eigenvalue weighted by Crippen LogP contribution is -2.25. The number of halogens is 3. The molecule has 1 aliphatic rings. The molecule has 0 bridgehead atoms. The summed E-state index contributed by atoms with van der Waals surface area (Å²) in [5.41, 5.74) is 3.02. The highest BCUT2D eigenvalue weighted by Crippen LogP contribution is 2.33. The van der Waals surface area contributed by atoms with E-state index >= 15 is 0 Å². The van der Waals surface area contributed by atoms with Gasteiger partial charge in [0.1, 0.15) is 11.4 Å². The first-order valence-electron chi connectivity index (χ1n) is 11.2. The van der Waals surface area contributed by atoms with Crippen LogP contribution in [0, 0.1) is 6.92 Å². The summed E-state index contributed by atoms with van der Waals surface area (Å²) in [7, 11) is 0. The van der Waals surface area contributed by atoms with Crippen molar-refractivity contribution in [3.63, 3.8) is 0 Å². The zero-order valence-electron chi connectivity index (χ0n) is 19.4. The molecule has 0 saturated carbocycles. The van der Waals surface area contributed by atoms with Crippen LogP contribution in [0.25, 0.3) is 22.5 Å². The van der Waals surface area contributed by atoms with Crippen LogP contribution in [0.15, 0.2) is 72.8 Å². The number of hydrogen-bond donors (Lipinski definition) is 2. The number of hydrogen-bond acceptors (Lipinski definition) is 5. The minimum absolute atomic E-state index is 0.0155. The highest BCUT2D eigenvalue weighted by atomic mass is 19.4. The summed E-state index contributed by atoms with van der Waals surface area (Å²) in [5, 5.41) is 5.46. The number of aryl methyl sites for hydroxylation is 1. The Hall–Kier alpha value is -4.73. The standard InChI is InChI=1S/C27H19F3N4O3/c1-15-19(10-12-24(31-15)27(28,29)30)26(36)32-18-8-5-16(6-9-18)20-3-2-4-21(33-20)17-7-11-23-22(13-17)34-25(35)14-37-23/h2-13H,14H2,1H3,(H,32,36)(H,34,35). The van der Waals surface area contributed by atoms with E-state index in [1.54, 1.807) is 36.4 Å². The van der Waals surface area contributed by atoms with Gasteiger partial charge >= 0.3 is 6.18 Å². The maximum atomic E-state index is 12.8. The molecule has 37 heavy (non-hydrogen) atoms. The van der Waals surface area contributed by atoms with Gasteiger partial charge in [-0.2, -0.15) is 13.2 Å². The van der Waals surface area contributed by atoms with E-state index in [0.29, 0.717) is 28.5 Å². The Morgan fingerprint density at radius 2 is 1.65 bits per heavy atom. The van der Waals surface area contributed by atoms with Gasteiger partial charge in [-0.3, -0.25) is 9.59 Å². The molecular weight excluding hydrogens is 485 g/mol. The van der Waals surface area contributed by atoms with E-state index in [1.807, 2.05) is 24.3 Å². The van der Waals surface area contributed by atoms with Crippen molar-refractivity contribution in [1.82, 2.24) is 9.97 Å². The maximum Gasteiger partial charge on any atom is 0.433 e. The Labute approximate surface area is 209 Å². The van der Waals surface area contributed by atoms with Crippen LogP contribution in [0.1, 0.15) is 21.7 Å². The molecule has 2 aromatic heterocycles. The summed E-state index contributed by atoms with van der Waals surface area (Å²) in [6.45, 7) is 1.34. The van der Waals surface area contributed by atoms with Crippen LogP contribution in [0.2, 0.25) is 0 Å². The van der Waals surface area contributed by atoms with Crippen LogP contribution in [-0.2, 0) is 11.0 Å². The molecule has 2 amide bonds. The van der Waals surface area contributed by atoms with Crippen LogP contribution in [0.5, 0.6) is 5.75 Å². The van der Waals surface area contributed by atoms with Crippen molar-refractivity contribution >= 4 is 23.2 Å². The van der Waals surface area contributed by atoms with Gasteiger partial charge in [0.15, 0.2) is 6.61 Å². The zero-order valence-corrected chi connectivity index (χ0v) is 19.4. The van der Waals surface area contributed by atoms with Crippen molar-refractivity contribution < 1.29 is 27.5 Å². The van der Waals surface area contributed by atoms with Gasteiger partial charge in [-0.15, -0.1) is 0 Å². The summed E-state index contributed by atoms with van der Waals surface area (Å²) in [6, 6.07) is 19.8. The fourth-order valence-corrected chi connectivity index (χ4v) is 3.88. The molecule has 0 saturated heterocycles. The molecule has 0 fully saturated rings. The molecule has 2 N–H and O–H groups in total. The molecule has 0 spiro atoms. The lowest BCUT2D eigenvalue weighted by atomic mass is 10.1. The summed E-state index contributed by atoms with van der Waals surface area (Å²) in [4.78, 5) is 32.4. The first-order valence-corrected chi connectivity index (χ1v) is 11.2. The van der Waals surface area contributed by atoms with E-state index in [9.17, 15) is 22.8 Å². The van der Waals surface area contributed by atoms with Gasteiger partial charge in [0, 0.05) is 16.8 Å². The number of amides is 2. The smallest absolute Gasteiger partial charge is 0.433 e. The average molecular weight is 504 g/mol. The third-order valence-corrected chi connectivity index (χ3v) is 5.72. The Morgan fingerprint density at radius 3 is 2.35 bits per heavy atom. The fraction of sp³-hybridized carbons (Fsp3) is 0.111. The summed E-state index contributed by atoms with van der Waals surface area (Å²) >= 11 is 0. The van der Waals surface area contributed by atoms with Crippen molar-refractivity contribution in [2.24, 2.45) is 0 Å². The minimum Gasteiger partial charge on any atom is -0.482 e. The van der Waals surface area contributed by atoms with Crippen LogP contribution < -0.4 is 15.4 Å². The number of alkyl halides is 3. The predicted octanol–water partition coefficient (Wildman–Crippen LogP) is 5.72. The average Bonchev–Trinajstić information content (AvgIpc) is 2.88. The van der Waals surface area contributed by atoms with Crippen molar-refractivity contribution in [1.29, 1.82) is 0 Å². The molecule has 3 heterocycles. The number of rotatable bonds is 4. The second-order valence-electron chi connectivity index (χ2n) is 8.31. The van der Waals surface area contributed by atoms with Gasteiger partial charge in [0.2, 0.25) is 0 Å². The van der Waals surface area contributed by atoms with Crippen LogP contribution >= 0.6 is 0 Å². The molecule has 10 heteroatoms. The van der Waals surface area contributed by atoms with Gasteiger partial charge in [0.05, 0.1) is 28.3 Å². The largest absolute Gasteiger partial charge is 0.482 e. The van der Waals surface area contributed by atoms with Crippen LogP contribution in [0.4, 0.5) is 24.5 Å². The molecule has 2 aromatic carbocycles. The van der Waals surface area contributed by atoms with Crippen molar-refractivity contribution in [3.8, 4) is 28.3 Å². The molecule has 0 atom stereocenters. The number of anilines is 2. The molecule has 0 unspecified atom stereocenters. The number of benzene rings is 2. The molecular formula is C27H19F3N4O3.